The van der Waals surface area contributed by atoms with Gasteiger partial charge in [0, 0.05) is 38.3 Å². The number of benzene rings is 1. The number of hydrogen-bond acceptors (Lipinski definition) is 7. The van der Waals surface area contributed by atoms with Gasteiger partial charge >= 0.3 is 6.09 Å². The van der Waals surface area contributed by atoms with Gasteiger partial charge in [0.15, 0.2) is 11.6 Å². The van der Waals surface area contributed by atoms with E-state index in [0.717, 1.165) is 12.1 Å². The van der Waals surface area contributed by atoms with Gasteiger partial charge in [0.1, 0.15) is 11.8 Å². The number of piperazine rings is 1. The zero-order valence-electron chi connectivity index (χ0n) is 15.9. The number of nitrogens with zero attached hydrogens (tertiary/aromatic N) is 4. The van der Waals surface area contributed by atoms with Crippen molar-refractivity contribution in [1.82, 2.24) is 10.2 Å². The second-order valence-electron chi connectivity index (χ2n) is 6.67. The predicted octanol–water partition coefficient (Wildman–Crippen LogP) is 1.46. The summed E-state index contributed by atoms with van der Waals surface area (Å²) in [5.74, 6) is -1.49. The zero-order chi connectivity index (χ0) is 21.0. The summed E-state index contributed by atoms with van der Waals surface area (Å²) in [6, 6.07) is 4.34. The highest BCUT2D eigenvalue weighted by atomic mass is 32.1. The fourth-order valence-corrected chi connectivity index (χ4v) is 3.43. The number of amides is 1. The van der Waals surface area contributed by atoms with Crippen LogP contribution in [0.1, 0.15) is 0 Å². The number of ether oxygens (including phenoxy) is 2. The number of thiocarbonyl (C=S) groups is 1. The Hall–Kier alpha value is -2.71. The average Bonchev–Trinajstić information content (AvgIpc) is 3.07. The molecule has 3 rings (SSSR count). The summed E-state index contributed by atoms with van der Waals surface area (Å²) in [6.45, 7) is 2.56. The Bertz CT molecular complexity index is 803. The highest BCUT2D eigenvalue weighted by Crippen LogP contribution is 2.31. The summed E-state index contributed by atoms with van der Waals surface area (Å²) in [5, 5.41) is 11.7. The molecule has 2 saturated heterocycles. The van der Waals surface area contributed by atoms with Crippen molar-refractivity contribution in [2.24, 2.45) is 0 Å². The minimum Gasteiger partial charge on any atom is -0.474 e. The quantitative estimate of drug-likeness (QED) is 0.561. The molecule has 1 N–H and O–H groups in total. The lowest BCUT2D eigenvalue weighted by Crippen LogP contribution is -2.47. The Morgan fingerprint density at radius 1 is 1.34 bits per heavy atom. The van der Waals surface area contributed by atoms with Gasteiger partial charge in [-0.1, -0.05) is 0 Å². The van der Waals surface area contributed by atoms with Crippen LogP contribution in [0.2, 0.25) is 0 Å². The van der Waals surface area contributed by atoms with Gasteiger partial charge in [0.25, 0.3) is 5.17 Å². The van der Waals surface area contributed by atoms with Gasteiger partial charge in [-0.05, 0) is 12.2 Å². The Balaban J connectivity index is 1.69. The molecule has 2 aliphatic rings. The number of nitrogens with one attached hydrogen (secondary N) is 1. The van der Waals surface area contributed by atoms with E-state index in [1.807, 2.05) is 4.90 Å². The van der Waals surface area contributed by atoms with Crippen LogP contribution in [0.4, 0.5) is 25.0 Å². The van der Waals surface area contributed by atoms with Gasteiger partial charge in [-0.2, -0.15) is 5.26 Å². The largest absolute Gasteiger partial charge is 0.474 e. The summed E-state index contributed by atoms with van der Waals surface area (Å²) < 4.78 is 39.5. The molecule has 0 aromatic heterocycles. The molecule has 0 bridgehead atoms. The normalized spacial score (nSPS) is 19.7. The van der Waals surface area contributed by atoms with Crippen LogP contribution >= 0.6 is 12.2 Å². The lowest BCUT2D eigenvalue weighted by atomic mass is 10.2. The van der Waals surface area contributed by atoms with Crippen molar-refractivity contribution < 1.29 is 23.0 Å². The van der Waals surface area contributed by atoms with E-state index in [1.165, 1.54) is 12.0 Å². The number of rotatable bonds is 5. The molecule has 0 spiro atoms. The third-order valence-electron chi connectivity index (χ3n) is 4.83. The summed E-state index contributed by atoms with van der Waals surface area (Å²) >= 11 is 4.86. The third-order valence-corrected chi connectivity index (χ3v) is 5.14. The zero-order valence-corrected chi connectivity index (χ0v) is 16.7. The molecule has 156 valence electrons. The van der Waals surface area contributed by atoms with E-state index in [9.17, 15) is 13.6 Å². The van der Waals surface area contributed by atoms with Crippen LogP contribution in [0.15, 0.2) is 12.1 Å². The fraction of sp³-hybridized carbons (Fsp3) is 0.500. The molecule has 1 amide bonds. The number of carbonyl (C=O) groups excluding carboxylic acids is 1. The first kappa shape index (κ1) is 21.0. The summed E-state index contributed by atoms with van der Waals surface area (Å²) in [6.07, 6.45) is -1.22. The van der Waals surface area contributed by atoms with E-state index in [4.69, 9.17) is 27.0 Å². The second-order valence-corrected chi connectivity index (χ2v) is 7.04. The Morgan fingerprint density at radius 3 is 2.59 bits per heavy atom. The third kappa shape index (κ3) is 4.83. The standard InChI is InChI=1S/C18H21F2N5O3S/c1-27-17(29)22-10-13-11-25(18(26)28-13)12-8-14(19)16(15(20)9-12)24-6-4-23(3-2-21)5-7-24/h8-9,13H,3-7,10-11H2,1H3,(H,22,29). The van der Waals surface area contributed by atoms with E-state index in [1.54, 1.807) is 4.90 Å². The maximum atomic E-state index is 14.7. The first-order valence-corrected chi connectivity index (χ1v) is 9.47. The number of halogens is 2. The van der Waals surface area contributed by atoms with E-state index < -0.39 is 23.8 Å². The average molecular weight is 425 g/mol. The van der Waals surface area contributed by atoms with Crippen molar-refractivity contribution in [3.8, 4) is 6.07 Å². The lowest BCUT2D eigenvalue weighted by molar-refractivity contribution is 0.142. The van der Waals surface area contributed by atoms with Crippen molar-refractivity contribution in [3.05, 3.63) is 23.8 Å². The SMILES string of the molecule is COC(=S)NCC1CN(c2cc(F)c(N3CCN(CC#N)CC3)c(F)c2)C(=O)O1. The number of hydrogen-bond donors (Lipinski definition) is 1. The van der Waals surface area contributed by atoms with Crippen LogP contribution in [0.5, 0.6) is 0 Å². The molecule has 1 aromatic rings. The molecular weight excluding hydrogens is 404 g/mol. The minimum atomic E-state index is -0.747. The highest BCUT2D eigenvalue weighted by molar-refractivity contribution is 7.80. The van der Waals surface area contributed by atoms with Gasteiger partial charge in [-0.15, -0.1) is 0 Å². The monoisotopic (exact) mass is 425 g/mol. The first-order chi connectivity index (χ1) is 13.9. The minimum absolute atomic E-state index is 0.0914. The molecule has 0 radical (unpaired) electrons. The number of cyclic esters (lactones) is 1. The summed E-state index contributed by atoms with van der Waals surface area (Å²) in [7, 11) is 1.42. The maximum Gasteiger partial charge on any atom is 0.414 e. The van der Waals surface area contributed by atoms with Crippen molar-refractivity contribution in [2.45, 2.75) is 6.10 Å². The highest BCUT2D eigenvalue weighted by Gasteiger charge is 2.34. The Labute approximate surface area is 172 Å². The van der Waals surface area contributed by atoms with Crippen LogP contribution in [0.3, 0.4) is 0 Å². The molecular formula is C18H21F2N5O3S. The molecule has 29 heavy (non-hydrogen) atoms. The van der Waals surface area contributed by atoms with Crippen LogP contribution < -0.4 is 15.1 Å². The molecule has 0 saturated carbocycles. The van der Waals surface area contributed by atoms with E-state index in [2.05, 4.69) is 11.4 Å². The molecule has 0 aliphatic carbocycles. The fourth-order valence-electron chi connectivity index (χ4n) is 3.35. The van der Waals surface area contributed by atoms with Gasteiger partial charge in [0.05, 0.1) is 38.5 Å². The Kier molecular flexibility index (Phi) is 6.66. The maximum absolute atomic E-state index is 14.7. The van der Waals surface area contributed by atoms with Crippen molar-refractivity contribution in [1.29, 1.82) is 5.26 Å². The number of nitriles is 1. The molecule has 8 nitrogen and oxygen atoms in total. The second kappa shape index (κ2) is 9.19. The van der Waals surface area contributed by atoms with Gasteiger partial charge in [-0.25, -0.2) is 13.6 Å². The number of anilines is 2. The molecule has 2 heterocycles. The lowest BCUT2D eigenvalue weighted by Gasteiger charge is -2.35. The molecule has 1 aromatic carbocycles. The molecule has 1 atom stereocenters. The smallest absolute Gasteiger partial charge is 0.414 e. The first-order valence-electron chi connectivity index (χ1n) is 9.06. The molecule has 1 unspecified atom stereocenters. The van der Waals surface area contributed by atoms with Gasteiger partial charge in [-0.3, -0.25) is 9.80 Å². The topological polar surface area (TPSA) is 81.1 Å². The summed E-state index contributed by atoms with van der Waals surface area (Å²) in [4.78, 5) is 16.8. The van der Waals surface area contributed by atoms with Crippen molar-refractivity contribution in [3.63, 3.8) is 0 Å². The van der Waals surface area contributed by atoms with Crippen molar-refractivity contribution in [2.75, 3.05) is 62.7 Å². The summed E-state index contributed by atoms with van der Waals surface area (Å²) in [5.41, 5.74) is -0.0322. The molecule has 2 fully saturated rings. The van der Waals surface area contributed by atoms with Gasteiger partial charge in [0.2, 0.25) is 0 Å². The van der Waals surface area contributed by atoms with Crippen molar-refractivity contribution >= 4 is 34.9 Å². The van der Waals surface area contributed by atoms with Crippen LogP contribution in [0, 0.1) is 23.0 Å². The Morgan fingerprint density at radius 2 is 2.00 bits per heavy atom. The van der Waals surface area contributed by atoms with Crippen LogP contribution in [0.25, 0.3) is 0 Å². The molecule has 11 heteroatoms. The van der Waals surface area contributed by atoms with E-state index in [-0.39, 0.29) is 29.6 Å². The van der Waals surface area contributed by atoms with E-state index in [0.29, 0.717) is 32.7 Å². The number of carbonyl (C=O) groups is 1. The van der Waals surface area contributed by atoms with Crippen LogP contribution in [-0.4, -0.2) is 75.2 Å². The molecule has 2 aliphatic heterocycles. The predicted molar refractivity (Wildman–Crippen MR) is 106 cm³/mol. The van der Waals surface area contributed by atoms with E-state index >= 15 is 0 Å². The number of methoxy groups -OCH3 is 1. The van der Waals surface area contributed by atoms with Crippen LogP contribution in [-0.2, 0) is 9.47 Å². The van der Waals surface area contributed by atoms with Gasteiger partial charge < -0.3 is 19.7 Å².